The Labute approximate surface area is 125 Å². The van der Waals surface area contributed by atoms with E-state index in [1.165, 1.54) is 68.1 Å². The van der Waals surface area contributed by atoms with Crippen LogP contribution in [0.5, 0.6) is 0 Å². The van der Waals surface area contributed by atoms with E-state index in [4.69, 9.17) is 0 Å². The van der Waals surface area contributed by atoms with E-state index < -0.39 is 0 Å². The molecule has 0 atom stereocenters. The summed E-state index contributed by atoms with van der Waals surface area (Å²) in [7, 11) is 0. The van der Waals surface area contributed by atoms with Crippen molar-refractivity contribution in [2.45, 2.75) is 68.5 Å². The number of nitrogens with zero attached hydrogens (tertiary/aromatic N) is 3. The lowest BCUT2D eigenvalue weighted by molar-refractivity contribution is 0.626. The molecule has 0 bridgehead atoms. The van der Waals surface area contributed by atoms with Gasteiger partial charge in [0.25, 0.3) is 0 Å². The summed E-state index contributed by atoms with van der Waals surface area (Å²) in [4.78, 5) is 0. The summed E-state index contributed by atoms with van der Waals surface area (Å²) in [6, 6.07) is 0.720. The third-order valence-corrected chi connectivity index (χ3v) is 5.17. The standard InChI is InChI=1S/C14H23N3S2/c18-9-3-1-2-4-10-19-14-16-15-13(11-5-6-11)17(14)12-7-8-12/h11-12,18H,1-10H2. The Morgan fingerprint density at radius 1 is 1.05 bits per heavy atom. The molecule has 1 aromatic heterocycles. The summed E-state index contributed by atoms with van der Waals surface area (Å²) in [6.07, 6.45) is 10.5. The number of rotatable bonds is 9. The van der Waals surface area contributed by atoms with Gasteiger partial charge in [-0.25, -0.2) is 0 Å². The summed E-state index contributed by atoms with van der Waals surface area (Å²) in [6.45, 7) is 0. The summed E-state index contributed by atoms with van der Waals surface area (Å²) in [5.41, 5.74) is 0. The van der Waals surface area contributed by atoms with Gasteiger partial charge < -0.3 is 4.57 Å². The number of unbranched alkanes of at least 4 members (excludes halogenated alkanes) is 3. The highest BCUT2D eigenvalue weighted by molar-refractivity contribution is 7.99. The molecule has 2 aliphatic carbocycles. The summed E-state index contributed by atoms with van der Waals surface area (Å²) in [5.74, 6) is 4.20. The van der Waals surface area contributed by atoms with Gasteiger partial charge in [0.2, 0.25) is 0 Å². The van der Waals surface area contributed by atoms with Crippen molar-refractivity contribution in [3.63, 3.8) is 0 Å². The quantitative estimate of drug-likeness (QED) is 0.423. The molecule has 19 heavy (non-hydrogen) atoms. The molecule has 5 heteroatoms. The Balaban J connectivity index is 1.50. The van der Waals surface area contributed by atoms with Crippen LogP contribution in [0.25, 0.3) is 0 Å². The topological polar surface area (TPSA) is 30.7 Å². The molecule has 0 aromatic carbocycles. The van der Waals surface area contributed by atoms with E-state index in [9.17, 15) is 0 Å². The minimum Gasteiger partial charge on any atom is -0.303 e. The third kappa shape index (κ3) is 3.69. The first-order valence-electron chi connectivity index (χ1n) is 7.58. The molecule has 2 saturated carbocycles. The smallest absolute Gasteiger partial charge is 0.191 e. The van der Waals surface area contributed by atoms with Crippen molar-refractivity contribution in [1.29, 1.82) is 0 Å². The monoisotopic (exact) mass is 297 g/mol. The lowest BCUT2D eigenvalue weighted by Crippen LogP contribution is -2.02. The van der Waals surface area contributed by atoms with Gasteiger partial charge in [0.05, 0.1) is 0 Å². The molecule has 2 fully saturated rings. The van der Waals surface area contributed by atoms with E-state index in [2.05, 4.69) is 27.4 Å². The summed E-state index contributed by atoms with van der Waals surface area (Å²) in [5, 5.41) is 10.1. The molecule has 0 saturated heterocycles. The molecule has 0 radical (unpaired) electrons. The molecule has 0 aliphatic heterocycles. The van der Waals surface area contributed by atoms with Crippen LogP contribution in [0.1, 0.15) is 69.2 Å². The second-order valence-corrected chi connectivity index (χ2v) is 7.21. The zero-order chi connectivity index (χ0) is 13.1. The lowest BCUT2D eigenvalue weighted by Gasteiger charge is -2.07. The second kappa shape index (κ2) is 6.53. The van der Waals surface area contributed by atoms with Crippen molar-refractivity contribution in [2.75, 3.05) is 11.5 Å². The number of hydrogen-bond donors (Lipinski definition) is 1. The van der Waals surface area contributed by atoms with Crippen LogP contribution in [0.15, 0.2) is 5.16 Å². The molecule has 1 aromatic rings. The van der Waals surface area contributed by atoms with Crippen LogP contribution in [0, 0.1) is 0 Å². The van der Waals surface area contributed by atoms with Gasteiger partial charge in [-0.3, -0.25) is 0 Å². The number of hydrogen-bond acceptors (Lipinski definition) is 4. The first-order valence-corrected chi connectivity index (χ1v) is 9.20. The van der Waals surface area contributed by atoms with Gasteiger partial charge in [0.15, 0.2) is 5.16 Å². The summed E-state index contributed by atoms with van der Waals surface area (Å²) < 4.78 is 2.45. The highest BCUT2D eigenvalue weighted by atomic mass is 32.2. The highest BCUT2D eigenvalue weighted by Crippen LogP contribution is 2.46. The second-order valence-electron chi connectivity index (χ2n) is 5.70. The van der Waals surface area contributed by atoms with Crippen LogP contribution in [0.2, 0.25) is 0 Å². The fourth-order valence-electron chi connectivity index (χ4n) is 2.41. The average molecular weight is 297 g/mol. The van der Waals surface area contributed by atoms with Crippen molar-refractivity contribution < 1.29 is 0 Å². The van der Waals surface area contributed by atoms with E-state index in [0.29, 0.717) is 0 Å². The zero-order valence-corrected chi connectivity index (χ0v) is 13.1. The first-order chi connectivity index (χ1) is 9.40. The van der Waals surface area contributed by atoms with Gasteiger partial charge in [0, 0.05) is 17.7 Å². The van der Waals surface area contributed by atoms with E-state index in [-0.39, 0.29) is 0 Å². The Hall–Kier alpha value is -0.160. The fraction of sp³-hybridized carbons (Fsp3) is 0.857. The van der Waals surface area contributed by atoms with E-state index in [1.54, 1.807) is 0 Å². The zero-order valence-electron chi connectivity index (χ0n) is 11.4. The van der Waals surface area contributed by atoms with E-state index in [0.717, 1.165) is 17.7 Å². The van der Waals surface area contributed by atoms with Crippen molar-refractivity contribution in [1.82, 2.24) is 14.8 Å². The molecule has 0 spiro atoms. The number of thiol groups is 1. The van der Waals surface area contributed by atoms with Gasteiger partial charge in [-0.15, -0.1) is 10.2 Å². The van der Waals surface area contributed by atoms with Crippen LogP contribution in [-0.4, -0.2) is 26.3 Å². The van der Waals surface area contributed by atoms with E-state index in [1.807, 2.05) is 11.8 Å². The number of aromatic nitrogens is 3. The maximum Gasteiger partial charge on any atom is 0.191 e. The van der Waals surface area contributed by atoms with Gasteiger partial charge >= 0.3 is 0 Å². The van der Waals surface area contributed by atoms with Crippen LogP contribution >= 0.6 is 24.4 Å². The minimum absolute atomic E-state index is 0.720. The predicted molar refractivity (Wildman–Crippen MR) is 83.3 cm³/mol. The molecular formula is C14H23N3S2. The van der Waals surface area contributed by atoms with Crippen LogP contribution in [0.3, 0.4) is 0 Å². The van der Waals surface area contributed by atoms with Gasteiger partial charge in [-0.2, -0.15) is 12.6 Å². The largest absolute Gasteiger partial charge is 0.303 e. The van der Waals surface area contributed by atoms with Gasteiger partial charge in [-0.1, -0.05) is 24.6 Å². The SMILES string of the molecule is SCCCCCCSc1nnc(C2CC2)n1C1CC1. The van der Waals surface area contributed by atoms with E-state index >= 15 is 0 Å². The minimum atomic E-state index is 0.720. The molecule has 2 aliphatic rings. The van der Waals surface area contributed by atoms with Gasteiger partial charge in [-0.05, 0) is 44.3 Å². The van der Waals surface area contributed by atoms with Gasteiger partial charge in [0.1, 0.15) is 5.82 Å². The molecule has 1 heterocycles. The highest BCUT2D eigenvalue weighted by Gasteiger charge is 2.36. The molecule has 3 rings (SSSR count). The molecule has 0 unspecified atom stereocenters. The Morgan fingerprint density at radius 3 is 2.53 bits per heavy atom. The predicted octanol–water partition coefficient (Wildman–Crippen LogP) is 4.07. The van der Waals surface area contributed by atoms with Crippen LogP contribution in [-0.2, 0) is 0 Å². The maximum atomic E-state index is 4.45. The Kier molecular flexibility index (Phi) is 4.74. The molecular weight excluding hydrogens is 274 g/mol. The van der Waals surface area contributed by atoms with Crippen molar-refractivity contribution >= 4 is 24.4 Å². The lowest BCUT2D eigenvalue weighted by atomic mass is 10.2. The maximum absolute atomic E-state index is 4.45. The summed E-state index contributed by atoms with van der Waals surface area (Å²) >= 11 is 6.16. The van der Waals surface area contributed by atoms with Crippen LogP contribution in [0.4, 0.5) is 0 Å². The molecule has 3 nitrogen and oxygen atoms in total. The molecule has 0 amide bonds. The third-order valence-electron chi connectivity index (χ3n) is 3.83. The first kappa shape index (κ1) is 13.8. The van der Waals surface area contributed by atoms with Crippen LogP contribution < -0.4 is 0 Å². The normalized spacial score (nSPS) is 19.0. The number of thioether (sulfide) groups is 1. The molecule has 106 valence electrons. The Morgan fingerprint density at radius 2 is 1.84 bits per heavy atom. The Bertz CT molecular complexity index is 411. The fourth-order valence-corrected chi connectivity index (χ4v) is 3.65. The van der Waals surface area contributed by atoms with Crippen molar-refractivity contribution in [3.8, 4) is 0 Å². The molecule has 0 N–H and O–H groups in total. The average Bonchev–Trinajstić information content (AvgIpc) is 3.32. The van der Waals surface area contributed by atoms with Crippen molar-refractivity contribution in [3.05, 3.63) is 5.82 Å². The van der Waals surface area contributed by atoms with Crippen molar-refractivity contribution in [2.24, 2.45) is 0 Å².